The highest BCUT2D eigenvalue weighted by molar-refractivity contribution is 6.43. The van der Waals surface area contributed by atoms with E-state index in [1.54, 1.807) is 18.3 Å². The van der Waals surface area contributed by atoms with Crippen LogP contribution in [0.3, 0.4) is 0 Å². The molecule has 0 bridgehead atoms. The van der Waals surface area contributed by atoms with Gasteiger partial charge in [0, 0.05) is 24.5 Å². The molecule has 0 atom stereocenters. The standard InChI is InChI=1S/C15H15Cl3N2O/c1-2-4-19-10-3-5-20-11(6-10)9-21-15-8-13(17)12(16)7-14(15)18/h3,5-8H,2,4,9H2,1H3,(H,19,20). The Hall–Kier alpha value is -1.16. The van der Waals surface area contributed by atoms with Crippen molar-refractivity contribution >= 4 is 40.5 Å². The van der Waals surface area contributed by atoms with Crippen LogP contribution in [-0.2, 0) is 6.61 Å². The molecule has 0 amide bonds. The largest absolute Gasteiger partial charge is 0.486 e. The van der Waals surface area contributed by atoms with E-state index >= 15 is 0 Å². The maximum atomic E-state index is 6.07. The Morgan fingerprint density at radius 2 is 1.86 bits per heavy atom. The van der Waals surface area contributed by atoms with Crippen molar-refractivity contribution in [3.8, 4) is 5.75 Å². The zero-order valence-electron chi connectivity index (χ0n) is 11.5. The number of anilines is 1. The van der Waals surface area contributed by atoms with Crippen molar-refractivity contribution in [3.05, 3.63) is 51.2 Å². The van der Waals surface area contributed by atoms with Gasteiger partial charge in [-0.25, -0.2) is 0 Å². The number of nitrogens with one attached hydrogen (secondary N) is 1. The highest BCUT2D eigenvalue weighted by atomic mass is 35.5. The third kappa shape index (κ3) is 4.67. The quantitative estimate of drug-likeness (QED) is 0.708. The highest BCUT2D eigenvalue weighted by Gasteiger charge is 2.08. The van der Waals surface area contributed by atoms with Gasteiger partial charge in [-0.15, -0.1) is 0 Å². The summed E-state index contributed by atoms with van der Waals surface area (Å²) in [5, 5.41) is 4.53. The fourth-order valence-electron chi connectivity index (χ4n) is 1.70. The van der Waals surface area contributed by atoms with Gasteiger partial charge in [-0.05, 0) is 24.6 Å². The van der Waals surface area contributed by atoms with Gasteiger partial charge in [0.1, 0.15) is 12.4 Å². The molecule has 0 saturated heterocycles. The number of pyridine rings is 1. The van der Waals surface area contributed by atoms with E-state index < -0.39 is 0 Å². The van der Waals surface area contributed by atoms with Crippen molar-refractivity contribution in [2.24, 2.45) is 0 Å². The average Bonchev–Trinajstić information content (AvgIpc) is 2.48. The molecule has 112 valence electrons. The molecule has 0 aliphatic carbocycles. The van der Waals surface area contributed by atoms with Crippen molar-refractivity contribution in [2.45, 2.75) is 20.0 Å². The molecule has 0 saturated carbocycles. The summed E-state index contributed by atoms with van der Waals surface area (Å²) in [5.41, 5.74) is 1.82. The van der Waals surface area contributed by atoms with Gasteiger partial charge in [0.05, 0.1) is 20.8 Å². The molecule has 0 radical (unpaired) electrons. The highest BCUT2D eigenvalue weighted by Crippen LogP contribution is 2.34. The summed E-state index contributed by atoms with van der Waals surface area (Å²) in [6.07, 6.45) is 2.81. The summed E-state index contributed by atoms with van der Waals surface area (Å²) in [6, 6.07) is 7.03. The van der Waals surface area contributed by atoms with Gasteiger partial charge in [0.15, 0.2) is 0 Å². The summed E-state index contributed by atoms with van der Waals surface area (Å²) in [4.78, 5) is 4.27. The molecule has 1 aromatic carbocycles. The average molecular weight is 346 g/mol. The molecule has 2 aromatic rings. The normalized spacial score (nSPS) is 10.5. The van der Waals surface area contributed by atoms with Crippen LogP contribution in [0.2, 0.25) is 15.1 Å². The zero-order chi connectivity index (χ0) is 15.2. The number of halogens is 3. The summed E-state index contributed by atoms with van der Waals surface area (Å²) in [5.74, 6) is 0.486. The van der Waals surface area contributed by atoms with Crippen LogP contribution in [0.25, 0.3) is 0 Å². The van der Waals surface area contributed by atoms with E-state index in [0.717, 1.165) is 24.3 Å². The first kappa shape index (κ1) is 16.2. The van der Waals surface area contributed by atoms with E-state index in [9.17, 15) is 0 Å². The van der Waals surface area contributed by atoms with E-state index in [1.807, 2.05) is 12.1 Å². The van der Waals surface area contributed by atoms with Crippen LogP contribution in [-0.4, -0.2) is 11.5 Å². The molecule has 2 rings (SSSR count). The monoisotopic (exact) mass is 344 g/mol. The Morgan fingerprint density at radius 3 is 2.62 bits per heavy atom. The number of benzene rings is 1. The van der Waals surface area contributed by atoms with Crippen LogP contribution < -0.4 is 10.1 Å². The Morgan fingerprint density at radius 1 is 1.10 bits per heavy atom. The fraction of sp³-hybridized carbons (Fsp3) is 0.267. The Kier molecular flexibility index (Phi) is 5.97. The molecule has 1 heterocycles. The number of nitrogens with zero attached hydrogens (tertiary/aromatic N) is 1. The molecule has 0 fully saturated rings. The lowest BCUT2D eigenvalue weighted by Crippen LogP contribution is -2.03. The van der Waals surface area contributed by atoms with E-state index in [0.29, 0.717) is 27.4 Å². The van der Waals surface area contributed by atoms with Gasteiger partial charge in [0.25, 0.3) is 0 Å². The third-order valence-corrected chi connectivity index (χ3v) is 3.76. The van der Waals surface area contributed by atoms with E-state index in [-0.39, 0.29) is 0 Å². The minimum Gasteiger partial charge on any atom is -0.486 e. The summed E-state index contributed by atoms with van der Waals surface area (Å²) in [7, 11) is 0. The van der Waals surface area contributed by atoms with Gasteiger partial charge >= 0.3 is 0 Å². The lowest BCUT2D eigenvalue weighted by atomic mass is 10.3. The molecular weight excluding hydrogens is 331 g/mol. The smallest absolute Gasteiger partial charge is 0.140 e. The second-order valence-corrected chi connectivity index (χ2v) is 5.67. The van der Waals surface area contributed by atoms with E-state index in [2.05, 4.69) is 17.2 Å². The minimum absolute atomic E-state index is 0.305. The number of rotatable bonds is 6. The van der Waals surface area contributed by atoms with Crippen molar-refractivity contribution in [1.29, 1.82) is 0 Å². The Balaban J connectivity index is 2.04. The van der Waals surface area contributed by atoms with Crippen LogP contribution in [0.1, 0.15) is 19.0 Å². The summed E-state index contributed by atoms with van der Waals surface area (Å²) >= 11 is 17.9. The molecule has 0 unspecified atom stereocenters. The Bertz CT molecular complexity index is 620. The second-order valence-electron chi connectivity index (χ2n) is 4.45. The van der Waals surface area contributed by atoms with Crippen LogP contribution in [0.15, 0.2) is 30.5 Å². The predicted molar refractivity (Wildman–Crippen MR) is 88.8 cm³/mol. The topological polar surface area (TPSA) is 34.2 Å². The minimum atomic E-state index is 0.305. The second kappa shape index (κ2) is 7.74. The Labute approximate surface area is 139 Å². The molecule has 21 heavy (non-hydrogen) atoms. The van der Waals surface area contributed by atoms with Crippen LogP contribution in [0.5, 0.6) is 5.75 Å². The summed E-state index contributed by atoms with van der Waals surface area (Å²) < 4.78 is 5.65. The SMILES string of the molecule is CCCNc1ccnc(COc2cc(Cl)c(Cl)cc2Cl)c1. The molecule has 0 aliphatic heterocycles. The summed E-state index contributed by atoms with van der Waals surface area (Å²) in [6.45, 7) is 3.34. The molecule has 0 spiro atoms. The van der Waals surface area contributed by atoms with Crippen LogP contribution >= 0.6 is 34.8 Å². The van der Waals surface area contributed by atoms with Gasteiger partial charge in [-0.1, -0.05) is 41.7 Å². The fourth-order valence-corrected chi connectivity index (χ4v) is 2.29. The van der Waals surface area contributed by atoms with E-state index in [4.69, 9.17) is 39.5 Å². The molecule has 1 aromatic heterocycles. The predicted octanol–water partition coefficient (Wildman–Crippen LogP) is 5.44. The number of hydrogen-bond acceptors (Lipinski definition) is 3. The first-order valence-corrected chi connectivity index (χ1v) is 7.69. The maximum Gasteiger partial charge on any atom is 0.140 e. The van der Waals surface area contributed by atoms with Gasteiger partial charge in [0.2, 0.25) is 0 Å². The molecule has 6 heteroatoms. The first-order chi connectivity index (χ1) is 10.1. The maximum absolute atomic E-state index is 6.07. The van der Waals surface area contributed by atoms with Crippen molar-refractivity contribution in [1.82, 2.24) is 4.98 Å². The first-order valence-electron chi connectivity index (χ1n) is 6.56. The van der Waals surface area contributed by atoms with Crippen molar-refractivity contribution in [2.75, 3.05) is 11.9 Å². The zero-order valence-corrected chi connectivity index (χ0v) is 13.8. The van der Waals surface area contributed by atoms with E-state index in [1.165, 1.54) is 0 Å². The molecule has 3 nitrogen and oxygen atoms in total. The molecule has 1 N–H and O–H groups in total. The van der Waals surface area contributed by atoms with Crippen molar-refractivity contribution in [3.63, 3.8) is 0 Å². The van der Waals surface area contributed by atoms with Crippen LogP contribution in [0.4, 0.5) is 5.69 Å². The third-order valence-electron chi connectivity index (χ3n) is 2.75. The van der Waals surface area contributed by atoms with Gasteiger partial charge in [-0.3, -0.25) is 4.98 Å². The van der Waals surface area contributed by atoms with Gasteiger partial charge in [-0.2, -0.15) is 0 Å². The number of hydrogen-bond donors (Lipinski definition) is 1. The molecular formula is C15H15Cl3N2O. The number of aromatic nitrogens is 1. The van der Waals surface area contributed by atoms with Crippen molar-refractivity contribution < 1.29 is 4.74 Å². The lowest BCUT2D eigenvalue weighted by molar-refractivity contribution is 0.301. The molecule has 0 aliphatic rings. The van der Waals surface area contributed by atoms with Crippen LogP contribution in [0, 0.1) is 0 Å². The number of ether oxygens (including phenoxy) is 1. The lowest BCUT2D eigenvalue weighted by Gasteiger charge is -2.10. The van der Waals surface area contributed by atoms with Gasteiger partial charge < -0.3 is 10.1 Å².